The van der Waals surface area contributed by atoms with Gasteiger partial charge in [-0.25, -0.2) is 0 Å². The lowest BCUT2D eigenvalue weighted by Gasteiger charge is -2.06. The lowest BCUT2D eigenvalue weighted by Crippen LogP contribution is -2.39. The Kier molecular flexibility index (Phi) is 6.94. The number of amides is 2. The van der Waals surface area contributed by atoms with Crippen LogP contribution < -0.4 is 10.6 Å². The molecule has 0 aliphatic rings. The quantitative estimate of drug-likeness (QED) is 0.665. The fourth-order valence-corrected chi connectivity index (χ4v) is 1.70. The van der Waals surface area contributed by atoms with Crippen LogP contribution in [0.25, 0.3) is 0 Å². The Morgan fingerprint density at radius 1 is 1.05 bits per heavy atom. The number of carbonyl (C=O) groups is 3. The van der Waals surface area contributed by atoms with Gasteiger partial charge >= 0.3 is 5.97 Å². The number of aliphatic carboxylic acids is 1. The molecule has 0 aromatic heterocycles. The minimum absolute atomic E-state index is 0.246. The number of aryl methyl sites for hydroxylation is 1. The first-order valence-electron chi connectivity index (χ1n) is 6.88. The lowest BCUT2D eigenvalue weighted by molar-refractivity contribution is -0.137. The van der Waals surface area contributed by atoms with E-state index < -0.39 is 18.4 Å². The average Bonchev–Trinajstić information content (AvgIpc) is 2.49. The summed E-state index contributed by atoms with van der Waals surface area (Å²) in [7, 11) is 0. The van der Waals surface area contributed by atoms with Crippen molar-refractivity contribution >= 4 is 17.8 Å². The van der Waals surface area contributed by atoms with E-state index >= 15 is 0 Å². The smallest absolute Gasteiger partial charge is 0.322 e. The normalized spacial score (nSPS) is 9.95. The molecule has 0 saturated carbocycles. The maximum Gasteiger partial charge on any atom is 0.322 e. The first-order valence-corrected chi connectivity index (χ1v) is 6.88. The van der Waals surface area contributed by atoms with E-state index in [0.717, 1.165) is 19.3 Å². The van der Waals surface area contributed by atoms with Crippen molar-refractivity contribution in [1.82, 2.24) is 10.6 Å². The van der Waals surface area contributed by atoms with Crippen molar-refractivity contribution < 1.29 is 19.5 Å². The number of benzene rings is 1. The number of unbranched alkanes of at least 4 members (excludes halogenated alkanes) is 1. The Morgan fingerprint density at radius 2 is 1.71 bits per heavy atom. The van der Waals surface area contributed by atoms with Crippen LogP contribution in [0.15, 0.2) is 24.3 Å². The highest BCUT2D eigenvalue weighted by atomic mass is 16.4. The van der Waals surface area contributed by atoms with Crippen LogP contribution in [0.1, 0.15) is 35.7 Å². The van der Waals surface area contributed by atoms with Gasteiger partial charge in [-0.3, -0.25) is 14.4 Å². The maximum atomic E-state index is 11.8. The molecule has 21 heavy (non-hydrogen) atoms. The molecule has 1 rings (SSSR count). The average molecular weight is 292 g/mol. The standard InChI is InChI=1S/C15H20N2O4/c1-2-3-4-11-5-7-12(8-6-11)15(21)17-9-13(18)16-10-14(19)20/h5-8H,2-4,9-10H2,1H3,(H,16,18)(H,17,21)(H,19,20). The molecule has 0 radical (unpaired) electrons. The van der Waals surface area contributed by atoms with E-state index in [-0.39, 0.29) is 12.5 Å². The molecule has 1 aromatic carbocycles. The fourth-order valence-electron chi connectivity index (χ4n) is 1.70. The number of nitrogens with one attached hydrogen (secondary N) is 2. The Hall–Kier alpha value is -2.37. The van der Waals surface area contributed by atoms with Crippen molar-refractivity contribution in [3.05, 3.63) is 35.4 Å². The number of carboxylic acids is 1. The van der Waals surface area contributed by atoms with Crippen molar-refractivity contribution in [2.24, 2.45) is 0 Å². The van der Waals surface area contributed by atoms with Gasteiger partial charge in [0.25, 0.3) is 5.91 Å². The summed E-state index contributed by atoms with van der Waals surface area (Å²) in [4.78, 5) is 33.3. The Labute approximate surface area is 123 Å². The third kappa shape index (κ3) is 6.56. The molecule has 0 aliphatic carbocycles. The molecule has 0 spiro atoms. The van der Waals surface area contributed by atoms with Crippen molar-refractivity contribution in [3.63, 3.8) is 0 Å². The zero-order valence-corrected chi connectivity index (χ0v) is 12.0. The molecule has 6 heteroatoms. The zero-order valence-electron chi connectivity index (χ0n) is 12.0. The molecule has 0 heterocycles. The summed E-state index contributed by atoms with van der Waals surface area (Å²) in [6.45, 7) is 1.42. The second-order valence-electron chi connectivity index (χ2n) is 4.65. The van der Waals surface area contributed by atoms with Gasteiger partial charge < -0.3 is 15.7 Å². The third-order valence-electron chi connectivity index (χ3n) is 2.88. The zero-order chi connectivity index (χ0) is 15.7. The molecule has 0 aliphatic heterocycles. The molecule has 0 fully saturated rings. The second kappa shape index (κ2) is 8.73. The second-order valence-corrected chi connectivity index (χ2v) is 4.65. The van der Waals surface area contributed by atoms with E-state index in [1.807, 2.05) is 12.1 Å². The van der Waals surface area contributed by atoms with Gasteiger partial charge in [0.2, 0.25) is 5.91 Å². The van der Waals surface area contributed by atoms with Crippen molar-refractivity contribution in [2.75, 3.05) is 13.1 Å². The number of hydrogen-bond acceptors (Lipinski definition) is 3. The van der Waals surface area contributed by atoms with E-state index in [9.17, 15) is 14.4 Å². The Bertz CT molecular complexity index is 497. The highest BCUT2D eigenvalue weighted by Gasteiger charge is 2.08. The minimum atomic E-state index is -1.13. The fraction of sp³-hybridized carbons (Fsp3) is 0.400. The van der Waals surface area contributed by atoms with Gasteiger partial charge in [-0.2, -0.15) is 0 Å². The summed E-state index contributed by atoms with van der Waals surface area (Å²) in [6.07, 6.45) is 3.21. The number of hydrogen-bond donors (Lipinski definition) is 3. The highest BCUT2D eigenvalue weighted by Crippen LogP contribution is 2.07. The van der Waals surface area contributed by atoms with Gasteiger partial charge in [-0.15, -0.1) is 0 Å². The SMILES string of the molecule is CCCCc1ccc(C(=O)NCC(=O)NCC(=O)O)cc1. The third-order valence-corrected chi connectivity index (χ3v) is 2.88. The predicted molar refractivity (Wildman–Crippen MR) is 78.0 cm³/mol. The summed E-state index contributed by atoms with van der Waals surface area (Å²) in [5.41, 5.74) is 1.65. The molecule has 3 N–H and O–H groups in total. The number of rotatable bonds is 8. The van der Waals surface area contributed by atoms with Crippen LogP contribution in [0, 0.1) is 0 Å². The van der Waals surface area contributed by atoms with Gasteiger partial charge in [0.1, 0.15) is 6.54 Å². The summed E-state index contributed by atoms with van der Waals surface area (Å²) in [5.74, 6) is -2.02. The monoisotopic (exact) mass is 292 g/mol. The summed E-state index contributed by atoms with van der Waals surface area (Å²) < 4.78 is 0. The topological polar surface area (TPSA) is 95.5 Å². The van der Waals surface area contributed by atoms with Crippen molar-refractivity contribution in [2.45, 2.75) is 26.2 Å². The molecule has 0 atom stereocenters. The highest BCUT2D eigenvalue weighted by molar-refractivity contribution is 5.96. The minimum Gasteiger partial charge on any atom is -0.480 e. The van der Waals surface area contributed by atoms with Crippen LogP contribution in [-0.2, 0) is 16.0 Å². The molecule has 114 valence electrons. The van der Waals surface area contributed by atoms with Crippen LogP contribution in [0.5, 0.6) is 0 Å². The summed E-state index contributed by atoms with van der Waals surface area (Å²) in [6, 6.07) is 7.23. The first kappa shape index (κ1) is 16.7. The Balaban J connectivity index is 2.41. The lowest BCUT2D eigenvalue weighted by atomic mass is 10.1. The van der Waals surface area contributed by atoms with E-state index in [1.165, 1.54) is 5.56 Å². The molecular formula is C15H20N2O4. The van der Waals surface area contributed by atoms with Crippen molar-refractivity contribution in [1.29, 1.82) is 0 Å². The van der Waals surface area contributed by atoms with Gasteiger partial charge in [0, 0.05) is 5.56 Å². The van der Waals surface area contributed by atoms with Gasteiger partial charge in [0.15, 0.2) is 0 Å². The molecule has 6 nitrogen and oxygen atoms in total. The molecular weight excluding hydrogens is 272 g/mol. The van der Waals surface area contributed by atoms with Crippen molar-refractivity contribution in [3.8, 4) is 0 Å². The number of carboxylic acid groups (broad SMARTS) is 1. The van der Waals surface area contributed by atoms with Crippen LogP contribution in [-0.4, -0.2) is 36.0 Å². The van der Waals surface area contributed by atoms with E-state index in [1.54, 1.807) is 12.1 Å². The van der Waals surface area contributed by atoms with E-state index in [4.69, 9.17) is 5.11 Å². The molecule has 2 amide bonds. The molecule has 1 aromatic rings. The summed E-state index contributed by atoms with van der Waals surface area (Å²) >= 11 is 0. The van der Waals surface area contributed by atoms with Gasteiger partial charge in [0.05, 0.1) is 6.54 Å². The number of carbonyl (C=O) groups excluding carboxylic acids is 2. The molecule has 0 unspecified atom stereocenters. The van der Waals surface area contributed by atoms with E-state index in [2.05, 4.69) is 17.6 Å². The van der Waals surface area contributed by atoms with E-state index in [0.29, 0.717) is 5.56 Å². The van der Waals surface area contributed by atoms with Crippen LogP contribution in [0.2, 0.25) is 0 Å². The van der Waals surface area contributed by atoms with Crippen LogP contribution in [0.3, 0.4) is 0 Å². The maximum absolute atomic E-state index is 11.8. The predicted octanol–water partition coefficient (Wildman–Crippen LogP) is 0.960. The largest absolute Gasteiger partial charge is 0.480 e. The molecule has 0 bridgehead atoms. The summed E-state index contributed by atoms with van der Waals surface area (Å²) in [5, 5.41) is 13.0. The van der Waals surface area contributed by atoms with Crippen LogP contribution in [0.4, 0.5) is 0 Å². The van der Waals surface area contributed by atoms with Gasteiger partial charge in [-0.05, 0) is 30.5 Å². The molecule has 0 saturated heterocycles. The van der Waals surface area contributed by atoms with Crippen LogP contribution >= 0.6 is 0 Å². The Morgan fingerprint density at radius 3 is 2.29 bits per heavy atom. The first-order chi connectivity index (χ1) is 10.0. The van der Waals surface area contributed by atoms with Gasteiger partial charge in [-0.1, -0.05) is 25.5 Å².